The van der Waals surface area contributed by atoms with Gasteiger partial charge in [0.2, 0.25) is 0 Å². The van der Waals surface area contributed by atoms with Gasteiger partial charge < -0.3 is 10.1 Å². The van der Waals surface area contributed by atoms with Gasteiger partial charge in [0.05, 0.1) is 4.47 Å². The fourth-order valence-corrected chi connectivity index (χ4v) is 2.35. The lowest BCUT2D eigenvalue weighted by molar-refractivity contribution is 0.468. The molecule has 0 fully saturated rings. The predicted molar refractivity (Wildman–Crippen MR) is 83.0 cm³/mol. The Balaban J connectivity index is 2.27. The van der Waals surface area contributed by atoms with Gasteiger partial charge in [-0.3, -0.25) is 0 Å². The molecule has 0 aliphatic carbocycles. The van der Waals surface area contributed by atoms with Crippen LogP contribution in [0.5, 0.6) is 11.5 Å². The molecule has 0 saturated heterocycles. The zero-order chi connectivity index (χ0) is 14.5. The molecular formula is C15H14BrClFNO. The van der Waals surface area contributed by atoms with E-state index in [1.54, 1.807) is 12.1 Å². The van der Waals surface area contributed by atoms with Crippen LogP contribution >= 0.6 is 27.5 Å². The van der Waals surface area contributed by atoms with E-state index in [2.05, 4.69) is 21.2 Å². The van der Waals surface area contributed by atoms with E-state index in [1.807, 2.05) is 19.1 Å². The summed E-state index contributed by atoms with van der Waals surface area (Å²) in [6.45, 7) is 3.54. The summed E-state index contributed by atoms with van der Waals surface area (Å²) in [6, 6.07) is 9.76. The van der Waals surface area contributed by atoms with Gasteiger partial charge in [0.15, 0.2) is 0 Å². The zero-order valence-corrected chi connectivity index (χ0v) is 13.3. The molecule has 106 valence electrons. The van der Waals surface area contributed by atoms with Crippen LogP contribution in [0.2, 0.25) is 5.02 Å². The molecule has 0 amide bonds. The number of benzene rings is 2. The summed E-state index contributed by atoms with van der Waals surface area (Å²) in [6.07, 6.45) is 0. The van der Waals surface area contributed by atoms with Crippen LogP contribution in [-0.2, 0) is 6.54 Å². The number of hydrogen-bond acceptors (Lipinski definition) is 2. The first-order chi connectivity index (χ1) is 9.60. The van der Waals surface area contributed by atoms with Gasteiger partial charge in [-0.2, -0.15) is 0 Å². The fourth-order valence-electron chi connectivity index (χ4n) is 1.72. The molecule has 5 heteroatoms. The van der Waals surface area contributed by atoms with Crippen LogP contribution in [-0.4, -0.2) is 6.54 Å². The van der Waals surface area contributed by atoms with Gasteiger partial charge in [-0.25, -0.2) is 4.39 Å². The minimum Gasteiger partial charge on any atom is -0.456 e. The molecule has 20 heavy (non-hydrogen) atoms. The van der Waals surface area contributed by atoms with Crippen LogP contribution < -0.4 is 10.1 Å². The monoisotopic (exact) mass is 357 g/mol. The maximum atomic E-state index is 13.1. The van der Waals surface area contributed by atoms with Crippen LogP contribution in [0.1, 0.15) is 12.5 Å². The Labute approximate surface area is 131 Å². The number of rotatable bonds is 5. The normalized spacial score (nSPS) is 10.6. The van der Waals surface area contributed by atoms with Crippen LogP contribution in [0.25, 0.3) is 0 Å². The average molecular weight is 359 g/mol. The molecule has 2 rings (SSSR count). The van der Waals surface area contributed by atoms with Crippen molar-refractivity contribution in [2.45, 2.75) is 13.5 Å². The SMILES string of the molecule is CCNCc1cc(Cl)ccc1Oc1ccc(F)cc1Br. The lowest BCUT2D eigenvalue weighted by Gasteiger charge is -2.13. The molecule has 0 saturated carbocycles. The first kappa shape index (κ1) is 15.3. The first-order valence-electron chi connectivity index (χ1n) is 6.22. The maximum absolute atomic E-state index is 13.1. The third kappa shape index (κ3) is 3.95. The second-order valence-electron chi connectivity index (χ2n) is 4.21. The highest BCUT2D eigenvalue weighted by molar-refractivity contribution is 9.10. The van der Waals surface area contributed by atoms with Crippen molar-refractivity contribution in [1.29, 1.82) is 0 Å². The summed E-state index contributed by atoms with van der Waals surface area (Å²) in [5.41, 5.74) is 0.954. The highest BCUT2D eigenvalue weighted by Gasteiger charge is 2.09. The summed E-state index contributed by atoms with van der Waals surface area (Å²) in [4.78, 5) is 0. The van der Waals surface area contributed by atoms with Crippen LogP contribution in [0.3, 0.4) is 0 Å². The van der Waals surface area contributed by atoms with Gasteiger partial charge in [-0.1, -0.05) is 18.5 Å². The third-order valence-corrected chi connectivity index (χ3v) is 3.56. The van der Waals surface area contributed by atoms with Gasteiger partial charge in [0, 0.05) is 17.1 Å². The largest absolute Gasteiger partial charge is 0.456 e. The number of ether oxygens (including phenoxy) is 1. The highest BCUT2D eigenvalue weighted by atomic mass is 79.9. The molecule has 0 unspecified atom stereocenters. The van der Waals surface area contributed by atoms with Crippen molar-refractivity contribution in [2.24, 2.45) is 0 Å². The highest BCUT2D eigenvalue weighted by Crippen LogP contribution is 2.33. The lowest BCUT2D eigenvalue weighted by Crippen LogP contribution is -2.12. The standard InChI is InChI=1S/C15H14BrClFNO/c1-2-19-9-10-7-11(17)3-5-14(10)20-15-6-4-12(18)8-13(15)16/h3-8,19H,2,9H2,1H3. The minimum atomic E-state index is -0.312. The molecule has 0 heterocycles. The minimum absolute atomic E-state index is 0.312. The van der Waals surface area contributed by atoms with Crippen molar-refractivity contribution in [1.82, 2.24) is 5.32 Å². The summed E-state index contributed by atoms with van der Waals surface area (Å²) in [5.74, 6) is 0.947. The Morgan fingerprint density at radius 2 is 1.95 bits per heavy atom. The Hall–Kier alpha value is -1.10. The van der Waals surface area contributed by atoms with Crippen molar-refractivity contribution in [3.05, 3.63) is 57.3 Å². The van der Waals surface area contributed by atoms with Crippen LogP contribution in [0.4, 0.5) is 4.39 Å². The van der Waals surface area contributed by atoms with Crippen molar-refractivity contribution in [2.75, 3.05) is 6.54 Å². The Morgan fingerprint density at radius 3 is 2.65 bits per heavy atom. The van der Waals surface area contributed by atoms with E-state index in [9.17, 15) is 4.39 Å². The summed E-state index contributed by atoms with van der Waals surface area (Å²) in [7, 11) is 0. The second kappa shape index (κ2) is 7.07. The molecular weight excluding hydrogens is 345 g/mol. The van der Waals surface area contributed by atoms with E-state index in [0.29, 0.717) is 27.5 Å². The van der Waals surface area contributed by atoms with Crippen molar-refractivity contribution in [3.63, 3.8) is 0 Å². The quantitative estimate of drug-likeness (QED) is 0.798. The maximum Gasteiger partial charge on any atom is 0.141 e. The van der Waals surface area contributed by atoms with E-state index < -0.39 is 0 Å². The first-order valence-corrected chi connectivity index (χ1v) is 7.39. The van der Waals surface area contributed by atoms with E-state index >= 15 is 0 Å². The van der Waals surface area contributed by atoms with E-state index in [4.69, 9.17) is 16.3 Å². The Bertz CT molecular complexity index is 606. The molecule has 0 aliphatic heterocycles. The smallest absolute Gasteiger partial charge is 0.141 e. The van der Waals surface area contributed by atoms with E-state index in [0.717, 1.165) is 12.1 Å². The number of hydrogen-bond donors (Lipinski definition) is 1. The molecule has 2 aromatic carbocycles. The van der Waals surface area contributed by atoms with E-state index in [1.165, 1.54) is 12.1 Å². The zero-order valence-electron chi connectivity index (χ0n) is 10.9. The summed E-state index contributed by atoms with van der Waals surface area (Å²) >= 11 is 9.30. The van der Waals surface area contributed by atoms with Crippen LogP contribution in [0.15, 0.2) is 40.9 Å². The molecule has 0 aliphatic rings. The topological polar surface area (TPSA) is 21.3 Å². The number of halogens is 3. The number of nitrogens with one attached hydrogen (secondary N) is 1. The average Bonchev–Trinajstić information content (AvgIpc) is 2.41. The van der Waals surface area contributed by atoms with Crippen LogP contribution in [0, 0.1) is 5.82 Å². The molecule has 2 aromatic rings. The Kier molecular flexibility index (Phi) is 5.40. The summed E-state index contributed by atoms with van der Waals surface area (Å²) in [5, 5.41) is 3.89. The van der Waals surface area contributed by atoms with Gasteiger partial charge in [0.25, 0.3) is 0 Å². The molecule has 0 spiro atoms. The van der Waals surface area contributed by atoms with Crippen molar-refractivity contribution in [3.8, 4) is 11.5 Å². The molecule has 0 bridgehead atoms. The molecule has 1 N–H and O–H groups in total. The molecule has 0 aromatic heterocycles. The fraction of sp³-hybridized carbons (Fsp3) is 0.200. The molecule has 0 atom stereocenters. The second-order valence-corrected chi connectivity index (χ2v) is 5.50. The van der Waals surface area contributed by atoms with Gasteiger partial charge in [-0.05, 0) is 58.9 Å². The van der Waals surface area contributed by atoms with Crippen molar-refractivity contribution >= 4 is 27.5 Å². The van der Waals surface area contributed by atoms with Gasteiger partial charge >= 0.3 is 0 Å². The predicted octanol–water partition coefficient (Wildman–Crippen LogP) is 5.14. The van der Waals surface area contributed by atoms with Gasteiger partial charge in [-0.15, -0.1) is 0 Å². The van der Waals surface area contributed by atoms with Crippen molar-refractivity contribution < 1.29 is 9.13 Å². The summed E-state index contributed by atoms with van der Waals surface area (Å²) < 4.78 is 19.5. The molecule has 0 radical (unpaired) electrons. The third-order valence-electron chi connectivity index (χ3n) is 2.70. The lowest BCUT2D eigenvalue weighted by atomic mass is 10.2. The van der Waals surface area contributed by atoms with Gasteiger partial charge in [0.1, 0.15) is 17.3 Å². The van der Waals surface area contributed by atoms with E-state index in [-0.39, 0.29) is 5.82 Å². The Morgan fingerprint density at radius 1 is 1.20 bits per heavy atom. The molecule has 2 nitrogen and oxygen atoms in total.